The van der Waals surface area contributed by atoms with E-state index >= 15 is 0 Å². The van der Waals surface area contributed by atoms with Crippen LogP contribution in [-0.2, 0) is 4.79 Å². The molecule has 0 unspecified atom stereocenters. The van der Waals surface area contributed by atoms with Gasteiger partial charge in [0.25, 0.3) is 5.91 Å². The number of halogens is 1. The second-order valence-corrected chi connectivity index (χ2v) is 5.23. The summed E-state index contributed by atoms with van der Waals surface area (Å²) >= 11 is 3.31. The van der Waals surface area contributed by atoms with E-state index in [1.807, 2.05) is 0 Å². The van der Waals surface area contributed by atoms with Gasteiger partial charge in [0, 0.05) is 11.6 Å². The van der Waals surface area contributed by atoms with Crippen molar-refractivity contribution in [2.24, 2.45) is 0 Å². The Balaban J connectivity index is 1.88. The van der Waals surface area contributed by atoms with E-state index in [0.717, 1.165) is 12.8 Å². The van der Waals surface area contributed by atoms with E-state index in [4.69, 9.17) is 4.74 Å². The van der Waals surface area contributed by atoms with Gasteiger partial charge in [-0.3, -0.25) is 9.59 Å². The van der Waals surface area contributed by atoms with Gasteiger partial charge in [-0.05, 0) is 47.0 Å². The Labute approximate surface area is 119 Å². The molecule has 0 aromatic heterocycles. The van der Waals surface area contributed by atoms with Gasteiger partial charge in [-0.1, -0.05) is 0 Å². The molecule has 5 nitrogen and oxygen atoms in total. The van der Waals surface area contributed by atoms with Crippen LogP contribution >= 0.6 is 15.9 Å². The molecule has 2 rings (SSSR count). The monoisotopic (exact) mass is 326 g/mol. The van der Waals surface area contributed by atoms with E-state index in [2.05, 4.69) is 26.6 Å². The number of nitrogens with one attached hydrogen (secondary N) is 2. The molecule has 0 spiro atoms. The van der Waals surface area contributed by atoms with Gasteiger partial charge in [-0.15, -0.1) is 0 Å². The van der Waals surface area contributed by atoms with Crippen LogP contribution in [0.3, 0.4) is 0 Å². The fourth-order valence-electron chi connectivity index (χ4n) is 1.58. The Kier molecular flexibility index (Phi) is 4.42. The van der Waals surface area contributed by atoms with E-state index in [9.17, 15) is 9.59 Å². The third kappa shape index (κ3) is 3.96. The average molecular weight is 327 g/mol. The Morgan fingerprint density at radius 1 is 1.42 bits per heavy atom. The summed E-state index contributed by atoms with van der Waals surface area (Å²) in [6, 6.07) is 5.31. The van der Waals surface area contributed by atoms with Crippen LogP contribution < -0.4 is 15.4 Å². The number of carbonyl (C=O) groups is 2. The van der Waals surface area contributed by atoms with Crippen molar-refractivity contribution < 1.29 is 14.3 Å². The Morgan fingerprint density at radius 3 is 2.74 bits per heavy atom. The molecule has 1 fully saturated rings. The Bertz CT molecular complexity index is 501. The molecule has 2 N–H and O–H groups in total. The average Bonchev–Trinajstić information content (AvgIpc) is 3.19. The lowest BCUT2D eigenvalue weighted by atomic mass is 10.2. The topological polar surface area (TPSA) is 67.4 Å². The van der Waals surface area contributed by atoms with Crippen molar-refractivity contribution in [2.45, 2.75) is 18.9 Å². The number of hydrogen-bond donors (Lipinski definition) is 2. The van der Waals surface area contributed by atoms with Gasteiger partial charge in [-0.25, -0.2) is 0 Å². The summed E-state index contributed by atoms with van der Waals surface area (Å²) in [6.07, 6.45) is 2.07. The summed E-state index contributed by atoms with van der Waals surface area (Å²) in [6.45, 7) is -0.00101. The van der Waals surface area contributed by atoms with Crippen molar-refractivity contribution in [2.75, 3.05) is 13.7 Å². The highest BCUT2D eigenvalue weighted by Gasteiger charge is 2.23. The summed E-state index contributed by atoms with van der Waals surface area (Å²) < 4.78 is 5.79. The number of methoxy groups -OCH3 is 1. The van der Waals surface area contributed by atoms with Crippen LogP contribution in [0, 0.1) is 0 Å². The number of carbonyl (C=O) groups excluding carboxylic acids is 2. The van der Waals surface area contributed by atoms with Crippen LogP contribution in [0.15, 0.2) is 22.7 Å². The number of rotatable bonds is 5. The molecule has 0 radical (unpaired) electrons. The van der Waals surface area contributed by atoms with Crippen LogP contribution in [0.2, 0.25) is 0 Å². The quantitative estimate of drug-likeness (QED) is 0.861. The summed E-state index contributed by atoms with van der Waals surface area (Å²) in [5.74, 6) is 0.223. The molecule has 0 atom stereocenters. The van der Waals surface area contributed by atoms with Crippen LogP contribution in [0.1, 0.15) is 23.2 Å². The van der Waals surface area contributed by atoms with E-state index < -0.39 is 0 Å². The smallest absolute Gasteiger partial charge is 0.251 e. The molecular weight excluding hydrogens is 312 g/mol. The van der Waals surface area contributed by atoms with Crippen molar-refractivity contribution in [1.29, 1.82) is 0 Å². The van der Waals surface area contributed by atoms with Gasteiger partial charge >= 0.3 is 0 Å². The highest BCUT2D eigenvalue weighted by Crippen LogP contribution is 2.25. The molecule has 0 bridgehead atoms. The van der Waals surface area contributed by atoms with E-state index in [1.54, 1.807) is 25.3 Å². The molecule has 1 saturated carbocycles. The molecule has 1 aromatic carbocycles. The summed E-state index contributed by atoms with van der Waals surface area (Å²) in [5, 5.41) is 5.39. The van der Waals surface area contributed by atoms with Crippen molar-refractivity contribution in [3.8, 4) is 5.75 Å². The lowest BCUT2D eigenvalue weighted by Gasteiger charge is -2.08. The maximum Gasteiger partial charge on any atom is 0.251 e. The largest absolute Gasteiger partial charge is 0.496 e. The fourth-order valence-corrected chi connectivity index (χ4v) is 2.12. The van der Waals surface area contributed by atoms with Crippen LogP contribution in [0.4, 0.5) is 0 Å². The number of benzene rings is 1. The number of ether oxygens (including phenoxy) is 1. The first-order chi connectivity index (χ1) is 9.10. The third-order valence-corrected chi connectivity index (χ3v) is 3.39. The molecule has 0 saturated heterocycles. The Morgan fingerprint density at radius 2 is 2.16 bits per heavy atom. The fraction of sp³-hybridized carbons (Fsp3) is 0.385. The van der Waals surface area contributed by atoms with Crippen LogP contribution in [0.5, 0.6) is 5.75 Å². The molecule has 2 amide bonds. The van der Waals surface area contributed by atoms with Crippen molar-refractivity contribution in [3.05, 3.63) is 28.2 Å². The van der Waals surface area contributed by atoms with Crippen molar-refractivity contribution >= 4 is 27.7 Å². The summed E-state index contributed by atoms with van der Waals surface area (Å²) in [7, 11) is 1.56. The second-order valence-electron chi connectivity index (χ2n) is 4.37. The standard InChI is InChI=1S/C13H15BrN2O3/c1-19-11-5-2-8(6-10(11)14)13(18)15-7-12(17)16-9-3-4-9/h2,5-6,9H,3-4,7H2,1H3,(H,15,18)(H,16,17). The predicted molar refractivity (Wildman–Crippen MR) is 74.2 cm³/mol. The van der Waals surface area contributed by atoms with Crippen LogP contribution in [0.25, 0.3) is 0 Å². The Hall–Kier alpha value is -1.56. The third-order valence-electron chi connectivity index (χ3n) is 2.77. The number of amides is 2. The van der Waals surface area contributed by atoms with Gasteiger partial charge in [0.05, 0.1) is 18.1 Å². The normalized spacial score (nSPS) is 13.8. The molecule has 102 valence electrons. The van der Waals surface area contributed by atoms with E-state index in [1.165, 1.54) is 0 Å². The van der Waals surface area contributed by atoms with E-state index in [0.29, 0.717) is 21.8 Å². The molecular formula is C13H15BrN2O3. The van der Waals surface area contributed by atoms with Crippen molar-refractivity contribution in [1.82, 2.24) is 10.6 Å². The number of hydrogen-bond acceptors (Lipinski definition) is 3. The molecule has 1 aliphatic rings. The maximum absolute atomic E-state index is 11.8. The molecule has 1 aromatic rings. The molecule has 1 aliphatic carbocycles. The summed E-state index contributed by atoms with van der Waals surface area (Å²) in [5.41, 5.74) is 0.479. The maximum atomic E-state index is 11.8. The van der Waals surface area contributed by atoms with Gasteiger partial charge < -0.3 is 15.4 Å². The lowest BCUT2D eigenvalue weighted by molar-refractivity contribution is -0.120. The second kappa shape index (κ2) is 6.06. The van der Waals surface area contributed by atoms with Gasteiger partial charge in [0.15, 0.2) is 0 Å². The minimum Gasteiger partial charge on any atom is -0.496 e. The first-order valence-corrected chi connectivity index (χ1v) is 6.80. The van der Waals surface area contributed by atoms with Crippen LogP contribution in [-0.4, -0.2) is 31.5 Å². The lowest BCUT2D eigenvalue weighted by Crippen LogP contribution is -2.37. The zero-order chi connectivity index (χ0) is 13.8. The molecule has 0 aliphatic heterocycles. The first-order valence-electron chi connectivity index (χ1n) is 6.01. The molecule has 19 heavy (non-hydrogen) atoms. The highest BCUT2D eigenvalue weighted by atomic mass is 79.9. The highest BCUT2D eigenvalue weighted by molar-refractivity contribution is 9.10. The zero-order valence-corrected chi connectivity index (χ0v) is 12.1. The predicted octanol–water partition coefficient (Wildman–Crippen LogP) is 1.47. The van der Waals surface area contributed by atoms with Gasteiger partial charge in [0.1, 0.15) is 5.75 Å². The summed E-state index contributed by atoms with van der Waals surface area (Å²) in [4.78, 5) is 23.3. The first kappa shape index (κ1) is 13.9. The van der Waals surface area contributed by atoms with Gasteiger partial charge in [0.2, 0.25) is 5.91 Å². The zero-order valence-electron chi connectivity index (χ0n) is 10.5. The van der Waals surface area contributed by atoms with E-state index in [-0.39, 0.29) is 18.4 Å². The van der Waals surface area contributed by atoms with Gasteiger partial charge in [-0.2, -0.15) is 0 Å². The van der Waals surface area contributed by atoms with Crippen molar-refractivity contribution in [3.63, 3.8) is 0 Å². The minimum absolute atomic E-state index is 0.00101. The SMILES string of the molecule is COc1ccc(C(=O)NCC(=O)NC2CC2)cc1Br. The minimum atomic E-state index is -0.283. The molecule has 6 heteroatoms. The molecule has 0 heterocycles.